The SMILES string of the molecule is C#C/C=C(\C=C/C)c1ccccc1/C(=C/CC)C1SC2=C(C3=C(CCCC3)C(N)C(C)(N=CC)C2(C)C)[C@@H]1C. The largest absolute Gasteiger partial charge is 0.322 e. The molecule has 1 aromatic rings. The van der Waals surface area contributed by atoms with Gasteiger partial charge in [0.1, 0.15) is 0 Å². The summed E-state index contributed by atoms with van der Waals surface area (Å²) < 4.78 is 0. The highest BCUT2D eigenvalue weighted by molar-refractivity contribution is 8.04. The normalized spacial score (nSPS) is 29.6. The number of terminal acetylenes is 1. The molecule has 206 valence electrons. The Kier molecular flexibility index (Phi) is 8.99. The number of aliphatic imine (C=N–C) groups is 1. The highest BCUT2D eigenvalue weighted by Crippen LogP contribution is 2.63. The first-order valence-corrected chi connectivity index (χ1v) is 15.5. The van der Waals surface area contributed by atoms with Gasteiger partial charge < -0.3 is 5.73 Å². The molecule has 2 nitrogen and oxygen atoms in total. The minimum Gasteiger partial charge on any atom is -0.322 e. The molecule has 3 unspecified atom stereocenters. The van der Waals surface area contributed by atoms with Gasteiger partial charge in [0.15, 0.2) is 0 Å². The highest BCUT2D eigenvalue weighted by atomic mass is 32.2. The summed E-state index contributed by atoms with van der Waals surface area (Å²) in [5.74, 6) is 3.14. The van der Waals surface area contributed by atoms with Crippen molar-refractivity contribution >= 4 is 29.1 Å². The molecule has 4 atom stereocenters. The van der Waals surface area contributed by atoms with E-state index in [1.165, 1.54) is 40.0 Å². The topological polar surface area (TPSA) is 38.4 Å². The van der Waals surface area contributed by atoms with E-state index in [2.05, 4.69) is 94.8 Å². The molecule has 0 amide bonds. The zero-order valence-electron chi connectivity index (χ0n) is 25.0. The first-order chi connectivity index (χ1) is 18.7. The number of benzene rings is 1. The van der Waals surface area contributed by atoms with Crippen molar-refractivity contribution in [1.82, 2.24) is 0 Å². The molecule has 3 heteroatoms. The van der Waals surface area contributed by atoms with Crippen molar-refractivity contribution in [2.24, 2.45) is 22.1 Å². The molecule has 0 spiro atoms. The summed E-state index contributed by atoms with van der Waals surface area (Å²) in [5.41, 5.74) is 16.1. The number of allylic oxidation sites excluding steroid dienone is 7. The molecular weight excluding hydrogens is 492 g/mol. The third-order valence-corrected chi connectivity index (χ3v) is 11.2. The maximum atomic E-state index is 7.17. The summed E-state index contributed by atoms with van der Waals surface area (Å²) in [4.78, 5) is 6.64. The minimum absolute atomic E-state index is 0.0699. The van der Waals surface area contributed by atoms with E-state index in [4.69, 9.17) is 17.1 Å². The van der Waals surface area contributed by atoms with E-state index in [9.17, 15) is 0 Å². The molecule has 0 saturated carbocycles. The molecule has 0 aromatic heterocycles. The third-order valence-electron chi connectivity index (χ3n) is 9.31. The van der Waals surface area contributed by atoms with Crippen LogP contribution in [0.5, 0.6) is 0 Å². The number of nitrogens with two attached hydrogens (primary N) is 1. The Labute approximate surface area is 241 Å². The van der Waals surface area contributed by atoms with Gasteiger partial charge in [0.05, 0.1) is 11.6 Å². The fourth-order valence-electron chi connectivity index (χ4n) is 7.00. The van der Waals surface area contributed by atoms with Gasteiger partial charge in [-0.2, -0.15) is 0 Å². The molecule has 1 heterocycles. The predicted molar refractivity (Wildman–Crippen MR) is 174 cm³/mol. The first kappa shape index (κ1) is 29.4. The van der Waals surface area contributed by atoms with Gasteiger partial charge in [-0.1, -0.05) is 76.1 Å². The zero-order chi connectivity index (χ0) is 28.4. The van der Waals surface area contributed by atoms with E-state index >= 15 is 0 Å². The minimum atomic E-state index is -0.403. The number of fused-ring (bicyclic) bond motifs is 1. The number of nitrogens with zero attached hydrogens (tertiary/aromatic N) is 1. The van der Waals surface area contributed by atoms with Gasteiger partial charge in [-0.15, -0.1) is 18.2 Å². The van der Waals surface area contributed by atoms with Crippen LogP contribution in [0, 0.1) is 23.7 Å². The number of hydrogen-bond donors (Lipinski definition) is 1. The van der Waals surface area contributed by atoms with Gasteiger partial charge in [0, 0.05) is 10.7 Å². The number of hydrogen-bond acceptors (Lipinski definition) is 3. The van der Waals surface area contributed by atoms with Crippen molar-refractivity contribution in [3.63, 3.8) is 0 Å². The smallest absolute Gasteiger partial charge is 0.0860 e. The zero-order valence-corrected chi connectivity index (χ0v) is 25.8. The fourth-order valence-corrected chi connectivity index (χ4v) is 8.88. The van der Waals surface area contributed by atoms with E-state index in [0.29, 0.717) is 11.2 Å². The maximum Gasteiger partial charge on any atom is 0.0860 e. The predicted octanol–water partition coefficient (Wildman–Crippen LogP) is 9.17. The number of rotatable bonds is 6. The van der Waals surface area contributed by atoms with Crippen LogP contribution in [0.1, 0.15) is 91.7 Å². The molecule has 0 fully saturated rings. The van der Waals surface area contributed by atoms with Crippen molar-refractivity contribution in [2.75, 3.05) is 0 Å². The summed E-state index contributed by atoms with van der Waals surface area (Å²) in [6.45, 7) is 15.8. The van der Waals surface area contributed by atoms with Gasteiger partial charge in [0.2, 0.25) is 0 Å². The van der Waals surface area contributed by atoms with Crippen LogP contribution in [0.2, 0.25) is 0 Å². The standard InChI is InChI=1S/C36H46N2S/c1-9-17-25(18-10-2)26-20-13-14-21-27(26)29(19-11-3)32-24(5)31-28-22-15-16-23-30(28)33(37)36(8,38-12-4)35(6,7)34(31)39-32/h1,10,12-14,17-21,24,32-33H,11,15-16,22-23,37H2,2-8H3/b18-10-,25-17+,29-19-,38-12?/t24-,32?,33?,36?/m0/s1. The molecule has 1 aromatic carbocycles. The van der Waals surface area contributed by atoms with Gasteiger partial charge in [-0.25, -0.2) is 0 Å². The Bertz CT molecular complexity index is 1330. The van der Waals surface area contributed by atoms with E-state index in [-0.39, 0.29) is 11.5 Å². The highest BCUT2D eigenvalue weighted by Gasteiger charge is 2.55. The molecular formula is C36H46N2S. The monoisotopic (exact) mass is 538 g/mol. The Morgan fingerprint density at radius 2 is 1.85 bits per heavy atom. The van der Waals surface area contributed by atoms with Gasteiger partial charge in [0.25, 0.3) is 0 Å². The molecule has 2 N–H and O–H groups in total. The summed E-state index contributed by atoms with van der Waals surface area (Å²) in [6, 6.07) is 8.69. The van der Waals surface area contributed by atoms with Crippen LogP contribution in [0.25, 0.3) is 11.1 Å². The average molecular weight is 539 g/mol. The molecule has 0 saturated heterocycles. The summed E-state index contributed by atoms with van der Waals surface area (Å²) >= 11 is 2.07. The van der Waals surface area contributed by atoms with Gasteiger partial charge in [-0.05, 0) is 115 Å². The molecule has 2 aliphatic carbocycles. The summed E-state index contributed by atoms with van der Waals surface area (Å²) in [6.07, 6.45) is 21.9. The second-order valence-electron chi connectivity index (χ2n) is 11.8. The third kappa shape index (κ3) is 4.96. The molecule has 1 aliphatic heterocycles. The van der Waals surface area contributed by atoms with Gasteiger partial charge >= 0.3 is 0 Å². The van der Waals surface area contributed by atoms with Crippen LogP contribution < -0.4 is 5.73 Å². The Morgan fingerprint density at radius 1 is 1.15 bits per heavy atom. The molecule has 4 rings (SSSR count). The van der Waals surface area contributed by atoms with Crippen LogP contribution >= 0.6 is 11.8 Å². The van der Waals surface area contributed by atoms with E-state index in [0.717, 1.165) is 24.8 Å². The quantitative estimate of drug-likeness (QED) is 0.223. The second-order valence-corrected chi connectivity index (χ2v) is 12.9. The second kappa shape index (κ2) is 11.9. The van der Waals surface area contributed by atoms with Crippen LogP contribution in [0.3, 0.4) is 0 Å². The van der Waals surface area contributed by atoms with Crippen molar-refractivity contribution in [2.45, 2.75) is 97.4 Å². The number of thioether (sulfide) groups is 1. The fraction of sp³-hybridized carbons (Fsp3) is 0.472. The maximum absolute atomic E-state index is 7.17. The van der Waals surface area contributed by atoms with Crippen LogP contribution in [-0.2, 0) is 0 Å². The Balaban J connectivity index is 1.91. The lowest BCUT2D eigenvalue weighted by Gasteiger charge is -2.46. The molecule has 3 aliphatic rings. The van der Waals surface area contributed by atoms with Crippen molar-refractivity contribution in [3.8, 4) is 12.3 Å². The van der Waals surface area contributed by atoms with Crippen LogP contribution in [0.4, 0.5) is 0 Å². The Hall–Kier alpha value is -2.54. The first-order valence-electron chi connectivity index (χ1n) is 14.7. The molecule has 0 radical (unpaired) electrons. The van der Waals surface area contributed by atoms with Crippen molar-refractivity contribution < 1.29 is 0 Å². The summed E-state index contributed by atoms with van der Waals surface area (Å²) in [5, 5.41) is 0.313. The molecule has 0 bridgehead atoms. The van der Waals surface area contributed by atoms with Crippen molar-refractivity contribution in [1.29, 1.82) is 0 Å². The van der Waals surface area contributed by atoms with Crippen LogP contribution in [0.15, 0.2) is 75.2 Å². The van der Waals surface area contributed by atoms with Gasteiger partial charge in [-0.3, -0.25) is 4.99 Å². The Morgan fingerprint density at radius 3 is 2.49 bits per heavy atom. The average Bonchev–Trinajstić information content (AvgIpc) is 3.26. The lowest BCUT2D eigenvalue weighted by Crippen LogP contribution is -2.55. The summed E-state index contributed by atoms with van der Waals surface area (Å²) in [7, 11) is 0. The van der Waals surface area contributed by atoms with E-state index < -0.39 is 5.54 Å². The van der Waals surface area contributed by atoms with Crippen LogP contribution in [-0.4, -0.2) is 23.0 Å². The lowest BCUT2D eigenvalue weighted by molar-refractivity contribution is 0.218. The van der Waals surface area contributed by atoms with E-state index in [1.54, 1.807) is 11.1 Å². The lowest BCUT2D eigenvalue weighted by atomic mass is 9.67. The molecule has 39 heavy (non-hydrogen) atoms. The van der Waals surface area contributed by atoms with Crippen molar-refractivity contribution in [3.05, 3.63) is 81.3 Å². The van der Waals surface area contributed by atoms with E-state index in [1.807, 2.05) is 26.1 Å².